The van der Waals surface area contributed by atoms with Crippen molar-refractivity contribution >= 4 is 15.9 Å². The van der Waals surface area contributed by atoms with Gasteiger partial charge in [-0.2, -0.15) is 4.31 Å². The Labute approximate surface area is 179 Å². The van der Waals surface area contributed by atoms with Crippen molar-refractivity contribution < 1.29 is 13.2 Å². The van der Waals surface area contributed by atoms with Crippen LogP contribution >= 0.6 is 0 Å². The quantitative estimate of drug-likeness (QED) is 0.753. The summed E-state index contributed by atoms with van der Waals surface area (Å²) in [4.78, 5) is 18.0. The molecule has 2 heterocycles. The molecular weight excluding hydrogens is 398 g/mol. The minimum absolute atomic E-state index is 0.00134. The standard InChI is InChI=1S/C23H29N3O3S/c1-24-15-16-26(22(18-24)19-9-4-2-5-10-19)23(27)20-11-8-14-25(17-20)30(28,29)21-12-6-3-7-13-21/h2-7,9-10,12-13,20,22H,8,11,14-18H2,1H3. The molecule has 0 spiro atoms. The predicted octanol–water partition coefficient (Wildman–Crippen LogP) is 2.60. The zero-order chi connectivity index (χ0) is 21.1. The number of carbonyl (C=O) groups is 1. The van der Waals surface area contributed by atoms with Gasteiger partial charge in [0.2, 0.25) is 15.9 Å². The first-order valence-electron chi connectivity index (χ1n) is 10.6. The summed E-state index contributed by atoms with van der Waals surface area (Å²) in [6.07, 6.45) is 1.43. The zero-order valence-corrected chi connectivity index (χ0v) is 18.2. The summed E-state index contributed by atoms with van der Waals surface area (Å²) < 4.78 is 27.6. The van der Waals surface area contributed by atoms with Crippen LogP contribution in [0.4, 0.5) is 0 Å². The van der Waals surface area contributed by atoms with E-state index in [1.807, 2.05) is 23.1 Å². The van der Waals surface area contributed by atoms with Crippen LogP contribution in [-0.2, 0) is 14.8 Å². The number of carbonyl (C=O) groups excluding carboxylic acids is 1. The van der Waals surface area contributed by atoms with Crippen molar-refractivity contribution in [1.82, 2.24) is 14.1 Å². The molecule has 0 radical (unpaired) electrons. The van der Waals surface area contributed by atoms with E-state index in [-0.39, 0.29) is 24.4 Å². The maximum atomic E-state index is 13.5. The second-order valence-electron chi connectivity index (χ2n) is 8.24. The number of sulfonamides is 1. The van der Waals surface area contributed by atoms with E-state index in [0.717, 1.165) is 25.1 Å². The van der Waals surface area contributed by atoms with Crippen LogP contribution in [0.1, 0.15) is 24.4 Å². The van der Waals surface area contributed by atoms with E-state index >= 15 is 0 Å². The summed E-state index contributed by atoms with van der Waals surface area (Å²) in [5.41, 5.74) is 1.13. The average molecular weight is 428 g/mol. The van der Waals surface area contributed by atoms with Gasteiger partial charge in [0.1, 0.15) is 0 Å². The molecular formula is C23H29N3O3S. The van der Waals surface area contributed by atoms with Crippen molar-refractivity contribution in [2.75, 3.05) is 39.8 Å². The Morgan fingerprint density at radius 3 is 2.27 bits per heavy atom. The minimum Gasteiger partial charge on any atom is -0.333 e. The summed E-state index contributed by atoms with van der Waals surface area (Å²) in [7, 11) is -1.50. The van der Waals surface area contributed by atoms with Gasteiger partial charge in [0.15, 0.2) is 0 Å². The SMILES string of the molecule is CN1CCN(C(=O)C2CCCN(S(=O)(=O)c3ccccc3)C2)C(c2ccccc2)C1. The number of amides is 1. The summed E-state index contributed by atoms with van der Waals surface area (Å²) in [5, 5.41) is 0. The molecule has 2 unspecified atom stereocenters. The van der Waals surface area contributed by atoms with E-state index < -0.39 is 10.0 Å². The fourth-order valence-corrected chi connectivity index (χ4v) is 6.03. The fourth-order valence-electron chi connectivity index (χ4n) is 4.48. The molecule has 0 bridgehead atoms. The summed E-state index contributed by atoms with van der Waals surface area (Å²) in [6, 6.07) is 18.6. The number of nitrogens with zero attached hydrogens (tertiary/aromatic N) is 3. The Bertz CT molecular complexity index is 966. The third-order valence-corrected chi connectivity index (χ3v) is 8.04. The molecule has 4 rings (SSSR count). The van der Waals surface area contributed by atoms with Crippen LogP contribution < -0.4 is 0 Å². The van der Waals surface area contributed by atoms with E-state index in [1.165, 1.54) is 4.31 Å². The van der Waals surface area contributed by atoms with Crippen molar-refractivity contribution in [3.63, 3.8) is 0 Å². The van der Waals surface area contributed by atoms with Crippen LogP contribution in [0, 0.1) is 5.92 Å². The molecule has 1 amide bonds. The summed E-state index contributed by atoms with van der Waals surface area (Å²) >= 11 is 0. The lowest BCUT2D eigenvalue weighted by atomic mass is 9.95. The topological polar surface area (TPSA) is 60.9 Å². The molecule has 0 aliphatic carbocycles. The Kier molecular flexibility index (Phi) is 6.22. The second kappa shape index (κ2) is 8.88. The van der Waals surface area contributed by atoms with E-state index in [9.17, 15) is 13.2 Å². The number of benzene rings is 2. The molecule has 160 valence electrons. The molecule has 2 saturated heterocycles. The molecule has 2 aliphatic heterocycles. The largest absolute Gasteiger partial charge is 0.333 e. The first-order valence-corrected chi connectivity index (χ1v) is 12.0. The maximum Gasteiger partial charge on any atom is 0.243 e. The Morgan fingerprint density at radius 1 is 0.900 bits per heavy atom. The monoisotopic (exact) mass is 427 g/mol. The van der Waals surface area contributed by atoms with Crippen LogP contribution in [0.15, 0.2) is 65.6 Å². The van der Waals surface area contributed by atoms with Gasteiger partial charge in [-0.3, -0.25) is 4.79 Å². The van der Waals surface area contributed by atoms with Crippen molar-refractivity contribution in [3.8, 4) is 0 Å². The van der Waals surface area contributed by atoms with Gasteiger partial charge >= 0.3 is 0 Å². The Balaban J connectivity index is 1.53. The molecule has 2 atom stereocenters. The van der Waals surface area contributed by atoms with Gasteiger partial charge in [-0.15, -0.1) is 0 Å². The lowest BCUT2D eigenvalue weighted by Crippen LogP contribution is -2.53. The minimum atomic E-state index is -3.58. The predicted molar refractivity (Wildman–Crippen MR) is 116 cm³/mol. The molecule has 2 aliphatic rings. The lowest BCUT2D eigenvalue weighted by Gasteiger charge is -2.43. The van der Waals surface area contributed by atoms with Gasteiger partial charge in [0.05, 0.1) is 16.9 Å². The van der Waals surface area contributed by atoms with Crippen molar-refractivity contribution in [1.29, 1.82) is 0 Å². The van der Waals surface area contributed by atoms with Gasteiger partial charge in [-0.05, 0) is 37.6 Å². The van der Waals surface area contributed by atoms with Crippen LogP contribution in [0.25, 0.3) is 0 Å². The Morgan fingerprint density at radius 2 is 1.57 bits per heavy atom. The van der Waals surface area contributed by atoms with Gasteiger partial charge in [-0.25, -0.2) is 8.42 Å². The molecule has 0 aromatic heterocycles. The smallest absolute Gasteiger partial charge is 0.243 e. The number of hydrogen-bond donors (Lipinski definition) is 0. The van der Waals surface area contributed by atoms with Gasteiger partial charge in [-0.1, -0.05) is 48.5 Å². The molecule has 6 nitrogen and oxygen atoms in total. The molecule has 2 fully saturated rings. The first-order chi connectivity index (χ1) is 14.5. The summed E-state index contributed by atoms with van der Waals surface area (Å²) in [6.45, 7) is 2.99. The maximum absolute atomic E-state index is 13.5. The normalized spacial score (nSPS) is 24.0. The highest BCUT2D eigenvalue weighted by atomic mass is 32.2. The van der Waals surface area contributed by atoms with Crippen LogP contribution in [-0.4, -0.2) is 68.2 Å². The number of rotatable bonds is 4. The number of hydrogen-bond acceptors (Lipinski definition) is 4. The number of piperidine rings is 1. The van der Waals surface area contributed by atoms with Crippen LogP contribution in [0.5, 0.6) is 0 Å². The highest BCUT2D eigenvalue weighted by Gasteiger charge is 2.38. The zero-order valence-electron chi connectivity index (χ0n) is 17.4. The van der Waals surface area contributed by atoms with Crippen molar-refractivity contribution in [2.45, 2.75) is 23.8 Å². The van der Waals surface area contributed by atoms with Gasteiger partial charge in [0, 0.05) is 32.7 Å². The highest BCUT2D eigenvalue weighted by molar-refractivity contribution is 7.89. The van der Waals surface area contributed by atoms with Crippen LogP contribution in [0.3, 0.4) is 0 Å². The number of piperazine rings is 1. The van der Waals surface area contributed by atoms with E-state index in [1.54, 1.807) is 30.3 Å². The number of likely N-dealkylation sites (N-methyl/N-ethyl adjacent to an activating group) is 1. The van der Waals surface area contributed by atoms with Crippen LogP contribution in [0.2, 0.25) is 0 Å². The molecule has 0 saturated carbocycles. The fraction of sp³-hybridized carbons (Fsp3) is 0.435. The van der Waals surface area contributed by atoms with E-state index in [2.05, 4.69) is 24.1 Å². The van der Waals surface area contributed by atoms with Gasteiger partial charge in [0.25, 0.3) is 0 Å². The third kappa shape index (κ3) is 4.29. The third-order valence-electron chi connectivity index (χ3n) is 6.17. The molecule has 2 aromatic carbocycles. The van der Waals surface area contributed by atoms with Crippen molar-refractivity contribution in [3.05, 3.63) is 66.2 Å². The van der Waals surface area contributed by atoms with E-state index in [0.29, 0.717) is 24.4 Å². The summed E-state index contributed by atoms with van der Waals surface area (Å²) in [5.74, 6) is -0.225. The van der Waals surface area contributed by atoms with Gasteiger partial charge < -0.3 is 9.80 Å². The second-order valence-corrected chi connectivity index (χ2v) is 10.2. The average Bonchev–Trinajstić information content (AvgIpc) is 2.80. The highest BCUT2D eigenvalue weighted by Crippen LogP contribution is 2.30. The Hall–Kier alpha value is -2.22. The van der Waals surface area contributed by atoms with Crippen molar-refractivity contribution in [2.24, 2.45) is 5.92 Å². The molecule has 2 aromatic rings. The van der Waals surface area contributed by atoms with E-state index in [4.69, 9.17) is 0 Å². The lowest BCUT2D eigenvalue weighted by molar-refractivity contribution is -0.141. The molecule has 30 heavy (non-hydrogen) atoms. The molecule has 0 N–H and O–H groups in total. The first kappa shape index (κ1) is 21.0. The molecule has 7 heteroatoms.